The summed E-state index contributed by atoms with van der Waals surface area (Å²) in [6.07, 6.45) is 0.865. The van der Waals surface area contributed by atoms with Crippen molar-refractivity contribution in [3.05, 3.63) is 29.8 Å². The van der Waals surface area contributed by atoms with Crippen molar-refractivity contribution in [2.45, 2.75) is 18.4 Å². The maximum atomic E-state index is 12.1. The predicted octanol–water partition coefficient (Wildman–Crippen LogP) is 0.374. The average Bonchev–Trinajstić information content (AvgIpc) is 2.89. The van der Waals surface area contributed by atoms with Crippen molar-refractivity contribution in [1.29, 1.82) is 0 Å². The van der Waals surface area contributed by atoms with E-state index >= 15 is 0 Å². The lowest BCUT2D eigenvalue weighted by Crippen LogP contribution is -2.51. The van der Waals surface area contributed by atoms with E-state index in [0.717, 1.165) is 5.56 Å². The number of nitrogens with two attached hydrogens (primary N) is 1. The van der Waals surface area contributed by atoms with Crippen molar-refractivity contribution >= 4 is 17.5 Å². The Kier molecular flexibility index (Phi) is 4.59. The lowest BCUT2D eigenvalue weighted by Gasteiger charge is -2.20. The van der Waals surface area contributed by atoms with Gasteiger partial charge in [0.05, 0.1) is 13.0 Å². The number of benzene rings is 1. The Bertz CT molecular complexity index is 519. The van der Waals surface area contributed by atoms with E-state index in [4.69, 9.17) is 10.5 Å². The molecule has 1 saturated heterocycles. The molecule has 1 aromatic rings. The van der Waals surface area contributed by atoms with Gasteiger partial charge in [0.25, 0.3) is 0 Å². The molecule has 1 aliphatic rings. The number of amides is 2. The largest absolute Gasteiger partial charge is 0.379 e. The van der Waals surface area contributed by atoms with Crippen LogP contribution in [0.4, 0.5) is 5.69 Å². The predicted molar refractivity (Wildman–Crippen MR) is 79.8 cm³/mol. The second-order valence-corrected chi connectivity index (χ2v) is 5.57. The van der Waals surface area contributed by atoms with Crippen LogP contribution in [0.3, 0.4) is 0 Å². The lowest BCUT2D eigenvalue weighted by atomic mass is 9.99. The third-order valence-corrected chi connectivity index (χ3v) is 3.57. The molecule has 0 radical (unpaired) electrons. The molecule has 6 nitrogen and oxygen atoms in total. The SMILES string of the molecule is CN(C)C(=O)Cc1ccc(NC(=O)C2(N)CCOC2)cc1. The van der Waals surface area contributed by atoms with Gasteiger partial charge in [0.15, 0.2) is 0 Å². The number of anilines is 1. The molecule has 114 valence electrons. The number of carbonyl (C=O) groups excluding carboxylic acids is 2. The van der Waals surface area contributed by atoms with Crippen molar-refractivity contribution in [2.24, 2.45) is 5.73 Å². The van der Waals surface area contributed by atoms with E-state index in [1.165, 1.54) is 0 Å². The molecule has 0 spiro atoms. The summed E-state index contributed by atoms with van der Waals surface area (Å²) in [5, 5.41) is 2.79. The van der Waals surface area contributed by atoms with Crippen molar-refractivity contribution in [3.8, 4) is 0 Å². The zero-order valence-electron chi connectivity index (χ0n) is 12.4. The Hall–Kier alpha value is -1.92. The second kappa shape index (κ2) is 6.24. The minimum absolute atomic E-state index is 0.0378. The first kappa shape index (κ1) is 15.5. The Balaban J connectivity index is 1.96. The van der Waals surface area contributed by atoms with Crippen molar-refractivity contribution in [3.63, 3.8) is 0 Å². The van der Waals surface area contributed by atoms with Gasteiger partial charge in [-0.2, -0.15) is 0 Å². The average molecular weight is 291 g/mol. The molecule has 3 N–H and O–H groups in total. The topological polar surface area (TPSA) is 84.7 Å². The summed E-state index contributed by atoms with van der Waals surface area (Å²) in [6.45, 7) is 0.754. The van der Waals surface area contributed by atoms with E-state index in [0.29, 0.717) is 25.1 Å². The van der Waals surface area contributed by atoms with Crippen LogP contribution in [0, 0.1) is 0 Å². The fourth-order valence-electron chi connectivity index (χ4n) is 2.05. The number of ether oxygens (including phenoxy) is 1. The first-order valence-electron chi connectivity index (χ1n) is 6.88. The van der Waals surface area contributed by atoms with Gasteiger partial charge in [-0.3, -0.25) is 9.59 Å². The molecule has 0 saturated carbocycles. The second-order valence-electron chi connectivity index (χ2n) is 5.57. The summed E-state index contributed by atoms with van der Waals surface area (Å²) in [6, 6.07) is 7.20. The summed E-state index contributed by atoms with van der Waals surface area (Å²) in [4.78, 5) is 25.3. The molecule has 2 rings (SSSR count). The van der Waals surface area contributed by atoms with Crippen LogP contribution in [0.5, 0.6) is 0 Å². The highest BCUT2D eigenvalue weighted by Crippen LogP contribution is 2.19. The van der Waals surface area contributed by atoms with Gasteiger partial charge in [-0.25, -0.2) is 0 Å². The quantitative estimate of drug-likeness (QED) is 0.839. The number of rotatable bonds is 4. The molecule has 1 fully saturated rings. The molecule has 0 bridgehead atoms. The zero-order valence-corrected chi connectivity index (χ0v) is 12.4. The molecule has 21 heavy (non-hydrogen) atoms. The fourth-order valence-corrected chi connectivity index (χ4v) is 2.05. The number of nitrogens with one attached hydrogen (secondary N) is 1. The molecule has 1 aromatic carbocycles. The number of nitrogens with zero attached hydrogens (tertiary/aromatic N) is 1. The van der Waals surface area contributed by atoms with E-state index < -0.39 is 5.54 Å². The minimum Gasteiger partial charge on any atom is -0.379 e. The number of carbonyl (C=O) groups is 2. The van der Waals surface area contributed by atoms with Gasteiger partial charge in [0.1, 0.15) is 5.54 Å². The normalized spacial score (nSPS) is 21.1. The highest BCUT2D eigenvalue weighted by atomic mass is 16.5. The molecule has 2 amide bonds. The van der Waals surface area contributed by atoms with Crippen LogP contribution in [-0.2, 0) is 20.7 Å². The Morgan fingerprint density at radius 1 is 1.33 bits per heavy atom. The maximum Gasteiger partial charge on any atom is 0.246 e. The molecule has 0 aliphatic carbocycles. The number of hydrogen-bond acceptors (Lipinski definition) is 4. The van der Waals surface area contributed by atoms with Gasteiger partial charge in [0.2, 0.25) is 11.8 Å². The minimum atomic E-state index is -0.945. The molecule has 0 aromatic heterocycles. The van der Waals surface area contributed by atoms with Gasteiger partial charge in [-0.05, 0) is 24.1 Å². The highest BCUT2D eigenvalue weighted by Gasteiger charge is 2.38. The Labute approximate surface area is 124 Å². The van der Waals surface area contributed by atoms with Crippen LogP contribution < -0.4 is 11.1 Å². The van der Waals surface area contributed by atoms with Crippen LogP contribution in [0.25, 0.3) is 0 Å². The van der Waals surface area contributed by atoms with Crippen LogP contribution in [0.1, 0.15) is 12.0 Å². The summed E-state index contributed by atoms with van der Waals surface area (Å²) < 4.78 is 5.18. The third kappa shape index (κ3) is 3.80. The van der Waals surface area contributed by atoms with Crippen LogP contribution in [0.15, 0.2) is 24.3 Å². The summed E-state index contributed by atoms with van der Waals surface area (Å²) in [5.41, 5.74) is 6.61. The monoisotopic (exact) mass is 291 g/mol. The smallest absolute Gasteiger partial charge is 0.246 e. The standard InChI is InChI=1S/C15H21N3O3/c1-18(2)13(19)9-11-3-5-12(6-4-11)17-14(20)15(16)7-8-21-10-15/h3-6H,7-10,16H2,1-2H3,(H,17,20). The highest BCUT2D eigenvalue weighted by molar-refractivity contribution is 5.98. The lowest BCUT2D eigenvalue weighted by molar-refractivity contribution is -0.128. The Morgan fingerprint density at radius 2 is 2.00 bits per heavy atom. The molecule has 1 atom stereocenters. The Morgan fingerprint density at radius 3 is 2.52 bits per heavy atom. The van der Waals surface area contributed by atoms with Gasteiger partial charge < -0.3 is 20.7 Å². The van der Waals surface area contributed by atoms with Gasteiger partial charge >= 0.3 is 0 Å². The van der Waals surface area contributed by atoms with E-state index in [2.05, 4.69) is 5.32 Å². The molecular formula is C15H21N3O3. The van der Waals surface area contributed by atoms with Crippen LogP contribution >= 0.6 is 0 Å². The van der Waals surface area contributed by atoms with E-state index in [9.17, 15) is 9.59 Å². The first-order chi connectivity index (χ1) is 9.90. The number of likely N-dealkylation sites (N-methyl/N-ethyl adjacent to an activating group) is 1. The fraction of sp³-hybridized carbons (Fsp3) is 0.467. The summed E-state index contributed by atoms with van der Waals surface area (Å²) in [5.74, 6) is -0.201. The van der Waals surface area contributed by atoms with Gasteiger partial charge in [0, 0.05) is 26.4 Å². The zero-order chi connectivity index (χ0) is 15.5. The maximum absolute atomic E-state index is 12.1. The number of hydrogen-bond donors (Lipinski definition) is 2. The van der Waals surface area contributed by atoms with E-state index in [1.807, 2.05) is 12.1 Å². The van der Waals surface area contributed by atoms with Gasteiger partial charge in [-0.15, -0.1) is 0 Å². The molecule has 1 aliphatic heterocycles. The molecule has 1 heterocycles. The van der Waals surface area contributed by atoms with Crippen LogP contribution in [0.2, 0.25) is 0 Å². The molecule has 6 heteroatoms. The summed E-state index contributed by atoms with van der Waals surface area (Å²) in [7, 11) is 3.45. The summed E-state index contributed by atoms with van der Waals surface area (Å²) >= 11 is 0. The van der Waals surface area contributed by atoms with E-state index in [-0.39, 0.29) is 18.4 Å². The van der Waals surface area contributed by atoms with Crippen molar-refractivity contribution in [1.82, 2.24) is 4.90 Å². The van der Waals surface area contributed by atoms with Crippen molar-refractivity contribution < 1.29 is 14.3 Å². The van der Waals surface area contributed by atoms with E-state index in [1.54, 1.807) is 31.1 Å². The molecule has 1 unspecified atom stereocenters. The van der Waals surface area contributed by atoms with Gasteiger partial charge in [-0.1, -0.05) is 12.1 Å². The third-order valence-electron chi connectivity index (χ3n) is 3.57. The molecular weight excluding hydrogens is 270 g/mol. The van der Waals surface area contributed by atoms with Crippen molar-refractivity contribution in [2.75, 3.05) is 32.6 Å². The van der Waals surface area contributed by atoms with Crippen LogP contribution in [-0.4, -0.2) is 49.6 Å². The first-order valence-corrected chi connectivity index (χ1v) is 6.88.